The fraction of sp³-hybridized carbons (Fsp3) is 0.409. The molecule has 2 aromatic carbocycles. The first kappa shape index (κ1) is 22.2. The molecule has 8 heteroatoms. The van der Waals surface area contributed by atoms with E-state index in [1.54, 1.807) is 0 Å². The fourth-order valence-electron chi connectivity index (χ4n) is 3.58. The molecule has 30 heavy (non-hydrogen) atoms. The molecule has 0 aromatic heterocycles. The molecule has 2 aromatic rings. The average molecular weight is 434 g/mol. The summed E-state index contributed by atoms with van der Waals surface area (Å²) in [5.41, 5.74) is 1.97. The first-order valence-electron chi connectivity index (χ1n) is 10.3. The lowest BCUT2D eigenvalue weighted by atomic mass is 9.95. The van der Waals surface area contributed by atoms with Crippen molar-refractivity contribution in [3.8, 4) is 0 Å². The third-order valence-electron chi connectivity index (χ3n) is 5.48. The number of anilines is 1. The molecule has 1 fully saturated rings. The summed E-state index contributed by atoms with van der Waals surface area (Å²) in [5, 5.41) is 5.68. The smallest absolute Gasteiger partial charge is 0.319 e. The largest absolute Gasteiger partial charge is 0.338 e. The van der Waals surface area contributed by atoms with Crippen molar-refractivity contribution < 1.29 is 17.6 Å². The van der Waals surface area contributed by atoms with Crippen molar-refractivity contribution in [1.29, 1.82) is 0 Å². The molecule has 3 rings (SSSR count). The van der Waals surface area contributed by atoms with Crippen LogP contribution in [0.25, 0.3) is 0 Å². The Labute approximate surface area is 177 Å². The number of benzene rings is 2. The van der Waals surface area contributed by atoms with Gasteiger partial charge >= 0.3 is 6.03 Å². The number of halogens is 1. The molecule has 162 valence electrons. The van der Waals surface area contributed by atoms with Crippen molar-refractivity contribution in [2.45, 2.75) is 37.5 Å². The highest BCUT2D eigenvalue weighted by Crippen LogP contribution is 2.25. The highest BCUT2D eigenvalue weighted by molar-refractivity contribution is 7.89. The van der Waals surface area contributed by atoms with Crippen LogP contribution in [0.15, 0.2) is 53.4 Å². The standard InChI is InChI=1S/C22H28FN3O3S/c1-2-17-3-7-20(8-4-17)25-22(27)24-14-11-18-12-15-26(16-13-18)30(28,29)21-9-5-19(23)6-10-21/h3-10,18H,2,11-16H2,1H3,(H2,24,25,27). The third kappa shape index (κ3) is 5.79. The number of carbonyl (C=O) groups is 1. The SMILES string of the molecule is CCc1ccc(NC(=O)NCCC2CCN(S(=O)(=O)c3ccc(F)cc3)CC2)cc1. The topological polar surface area (TPSA) is 78.5 Å². The minimum Gasteiger partial charge on any atom is -0.338 e. The van der Waals surface area contributed by atoms with E-state index in [2.05, 4.69) is 17.6 Å². The number of rotatable bonds is 7. The maximum atomic E-state index is 13.1. The molecule has 2 amide bonds. The zero-order valence-electron chi connectivity index (χ0n) is 17.1. The van der Waals surface area contributed by atoms with Gasteiger partial charge in [0, 0.05) is 25.3 Å². The van der Waals surface area contributed by atoms with Crippen molar-refractivity contribution in [2.75, 3.05) is 25.0 Å². The summed E-state index contributed by atoms with van der Waals surface area (Å²) < 4.78 is 39.8. The second-order valence-electron chi connectivity index (χ2n) is 7.52. The number of hydrogen-bond donors (Lipinski definition) is 2. The van der Waals surface area contributed by atoms with Gasteiger partial charge in [-0.25, -0.2) is 17.6 Å². The summed E-state index contributed by atoms with van der Waals surface area (Å²) in [7, 11) is -3.59. The van der Waals surface area contributed by atoms with Crippen molar-refractivity contribution in [3.63, 3.8) is 0 Å². The van der Waals surface area contributed by atoms with Crippen LogP contribution in [-0.4, -0.2) is 38.4 Å². The van der Waals surface area contributed by atoms with Gasteiger partial charge in [-0.05, 0) is 73.6 Å². The lowest BCUT2D eigenvalue weighted by molar-refractivity contribution is 0.245. The van der Waals surface area contributed by atoms with Crippen LogP contribution in [0.4, 0.5) is 14.9 Å². The van der Waals surface area contributed by atoms with Gasteiger partial charge in [-0.15, -0.1) is 0 Å². The molecule has 0 spiro atoms. The Morgan fingerprint density at radius 2 is 1.70 bits per heavy atom. The van der Waals surface area contributed by atoms with Gasteiger partial charge in [-0.1, -0.05) is 19.1 Å². The van der Waals surface area contributed by atoms with Crippen molar-refractivity contribution >= 4 is 21.7 Å². The summed E-state index contributed by atoms with van der Waals surface area (Å²) in [4.78, 5) is 12.2. The number of piperidine rings is 1. The molecule has 0 aliphatic carbocycles. The summed E-state index contributed by atoms with van der Waals surface area (Å²) >= 11 is 0. The lowest BCUT2D eigenvalue weighted by Crippen LogP contribution is -2.39. The second kappa shape index (κ2) is 10.0. The van der Waals surface area contributed by atoms with E-state index in [4.69, 9.17) is 0 Å². The number of nitrogens with one attached hydrogen (secondary N) is 2. The molecule has 2 N–H and O–H groups in total. The van der Waals surface area contributed by atoms with Gasteiger partial charge in [0.05, 0.1) is 4.90 Å². The average Bonchev–Trinajstić information content (AvgIpc) is 2.75. The van der Waals surface area contributed by atoms with Crippen LogP contribution >= 0.6 is 0 Å². The van der Waals surface area contributed by atoms with Crippen molar-refractivity contribution in [3.05, 3.63) is 59.9 Å². The number of amides is 2. The Balaban J connectivity index is 1.40. The van der Waals surface area contributed by atoms with Gasteiger partial charge in [0.15, 0.2) is 0 Å². The van der Waals surface area contributed by atoms with Gasteiger partial charge in [0.2, 0.25) is 10.0 Å². The summed E-state index contributed by atoms with van der Waals surface area (Å²) in [6.45, 7) is 3.48. The molecule has 0 bridgehead atoms. The Morgan fingerprint density at radius 1 is 1.07 bits per heavy atom. The molecule has 0 saturated carbocycles. The number of aryl methyl sites for hydroxylation is 1. The first-order chi connectivity index (χ1) is 14.4. The van der Waals surface area contributed by atoms with Gasteiger partial charge < -0.3 is 10.6 Å². The Kier molecular flexibility index (Phi) is 7.44. The highest BCUT2D eigenvalue weighted by Gasteiger charge is 2.29. The van der Waals surface area contributed by atoms with Crippen LogP contribution in [0.1, 0.15) is 31.7 Å². The Hall–Kier alpha value is -2.45. The molecule has 1 aliphatic heterocycles. The predicted octanol–water partition coefficient (Wildman–Crippen LogP) is 4.00. The maximum absolute atomic E-state index is 13.1. The van der Waals surface area contributed by atoms with Gasteiger partial charge in [0.1, 0.15) is 5.82 Å². The van der Waals surface area contributed by atoms with E-state index >= 15 is 0 Å². The molecular formula is C22H28FN3O3S. The van der Waals surface area contributed by atoms with E-state index in [0.717, 1.165) is 43.5 Å². The zero-order chi connectivity index (χ0) is 21.6. The summed E-state index contributed by atoms with van der Waals surface area (Å²) in [5.74, 6) is -0.101. The van der Waals surface area contributed by atoms with Crippen LogP contribution in [0.3, 0.4) is 0 Å². The van der Waals surface area contributed by atoms with Crippen LogP contribution in [0, 0.1) is 11.7 Å². The van der Waals surface area contributed by atoms with Gasteiger partial charge in [0.25, 0.3) is 0 Å². The Morgan fingerprint density at radius 3 is 2.30 bits per heavy atom. The molecular weight excluding hydrogens is 405 g/mol. The van der Waals surface area contributed by atoms with Crippen molar-refractivity contribution in [2.24, 2.45) is 5.92 Å². The van der Waals surface area contributed by atoms with Gasteiger partial charge in [-0.3, -0.25) is 0 Å². The minimum absolute atomic E-state index is 0.118. The fourth-order valence-corrected chi connectivity index (χ4v) is 5.05. The van der Waals surface area contributed by atoms with E-state index in [1.807, 2.05) is 24.3 Å². The van der Waals surface area contributed by atoms with Crippen LogP contribution < -0.4 is 10.6 Å². The number of sulfonamides is 1. The lowest BCUT2D eigenvalue weighted by Gasteiger charge is -2.31. The summed E-state index contributed by atoms with van der Waals surface area (Å²) in [6.07, 6.45) is 3.23. The van der Waals surface area contributed by atoms with E-state index < -0.39 is 15.8 Å². The van der Waals surface area contributed by atoms with Gasteiger partial charge in [-0.2, -0.15) is 4.31 Å². The van der Waals surface area contributed by atoms with E-state index in [9.17, 15) is 17.6 Å². The van der Waals surface area contributed by atoms with Crippen LogP contribution in [0.2, 0.25) is 0 Å². The molecule has 0 atom stereocenters. The highest BCUT2D eigenvalue weighted by atomic mass is 32.2. The Bertz CT molecular complexity index is 939. The quantitative estimate of drug-likeness (QED) is 0.693. The number of urea groups is 1. The van der Waals surface area contributed by atoms with Crippen LogP contribution in [-0.2, 0) is 16.4 Å². The van der Waals surface area contributed by atoms with E-state index in [1.165, 1.54) is 22.0 Å². The maximum Gasteiger partial charge on any atom is 0.319 e. The molecule has 0 radical (unpaired) electrons. The monoisotopic (exact) mass is 433 g/mol. The molecule has 0 unspecified atom stereocenters. The molecule has 1 aliphatic rings. The zero-order valence-corrected chi connectivity index (χ0v) is 17.9. The molecule has 6 nitrogen and oxygen atoms in total. The minimum atomic E-state index is -3.59. The van der Waals surface area contributed by atoms with Crippen molar-refractivity contribution in [1.82, 2.24) is 9.62 Å². The van der Waals surface area contributed by atoms with E-state index in [-0.39, 0.29) is 10.9 Å². The molecule has 1 saturated heterocycles. The number of nitrogens with zero attached hydrogens (tertiary/aromatic N) is 1. The predicted molar refractivity (Wildman–Crippen MR) is 115 cm³/mol. The third-order valence-corrected chi connectivity index (χ3v) is 7.40. The van der Waals surface area contributed by atoms with E-state index in [0.29, 0.717) is 25.6 Å². The normalized spacial score (nSPS) is 15.7. The molecule has 1 heterocycles. The van der Waals surface area contributed by atoms with Crippen LogP contribution in [0.5, 0.6) is 0 Å². The first-order valence-corrected chi connectivity index (χ1v) is 11.7. The summed E-state index contributed by atoms with van der Waals surface area (Å²) in [6, 6.07) is 12.4. The number of carbonyl (C=O) groups excluding carboxylic acids is 1. The second-order valence-corrected chi connectivity index (χ2v) is 9.46. The number of hydrogen-bond acceptors (Lipinski definition) is 3.